The van der Waals surface area contributed by atoms with Gasteiger partial charge in [0.1, 0.15) is 5.82 Å². The Morgan fingerprint density at radius 3 is 2.50 bits per heavy atom. The maximum absolute atomic E-state index is 13.5. The van der Waals surface area contributed by atoms with Gasteiger partial charge in [0.25, 0.3) is 11.2 Å². The van der Waals surface area contributed by atoms with Crippen LogP contribution in [0.15, 0.2) is 65.5 Å². The van der Waals surface area contributed by atoms with Crippen LogP contribution in [-0.4, -0.2) is 14.5 Å². The molecule has 3 aromatic carbocycles. The first kappa shape index (κ1) is 20.4. The van der Waals surface area contributed by atoms with Crippen molar-refractivity contribution in [3.05, 3.63) is 91.2 Å². The van der Waals surface area contributed by atoms with Crippen LogP contribution in [0.3, 0.4) is 0 Å². The van der Waals surface area contributed by atoms with Crippen molar-refractivity contribution < 1.29 is 4.92 Å². The highest BCUT2D eigenvalue weighted by Crippen LogP contribution is 2.38. The van der Waals surface area contributed by atoms with Gasteiger partial charge < -0.3 is 5.73 Å². The number of nitrogens with two attached hydrogens (primary N) is 1. The predicted octanol–water partition coefficient (Wildman–Crippen LogP) is 6.06. The molecule has 0 aliphatic heterocycles. The first-order valence-electron chi connectivity index (χ1n) is 9.29. The monoisotopic (exact) mass is 482 g/mol. The molecule has 32 heavy (non-hydrogen) atoms. The molecule has 0 saturated carbocycles. The van der Waals surface area contributed by atoms with Crippen molar-refractivity contribution in [2.75, 3.05) is 5.73 Å². The van der Waals surface area contributed by atoms with Crippen LogP contribution in [0.2, 0.25) is 10.0 Å². The molecule has 0 aliphatic carbocycles. The number of anilines is 1. The summed E-state index contributed by atoms with van der Waals surface area (Å²) < 4.78 is 2.17. The summed E-state index contributed by atoms with van der Waals surface area (Å²) in [6, 6.07) is 16.6. The molecule has 5 aromatic rings. The number of nitro benzene ring substituents is 1. The van der Waals surface area contributed by atoms with Crippen molar-refractivity contribution in [1.29, 1.82) is 0 Å². The van der Waals surface area contributed by atoms with Crippen LogP contribution in [0.1, 0.15) is 0 Å². The quantitative estimate of drug-likeness (QED) is 0.248. The lowest BCUT2D eigenvalue weighted by atomic mass is 9.99. The van der Waals surface area contributed by atoms with Gasteiger partial charge in [0.15, 0.2) is 5.13 Å². The van der Waals surface area contributed by atoms with Gasteiger partial charge in [0.2, 0.25) is 0 Å². The van der Waals surface area contributed by atoms with E-state index in [0.717, 1.165) is 4.70 Å². The molecule has 0 radical (unpaired) electrons. The minimum Gasteiger partial charge on any atom is -0.384 e. The molecule has 7 nitrogen and oxygen atoms in total. The van der Waals surface area contributed by atoms with E-state index in [1.54, 1.807) is 18.2 Å². The molecule has 0 atom stereocenters. The number of hydrogen-bond acceptors (Lipinski definition) is 6. The molecule has 0 amide bonds. The number of non-ortho nitro benzene ring substituents is 1. The maximum Gasteiger partial charge on any atom is 0.270 e. The highest BCUT2D eigenvalue weighted by molar-refractivity contribution is 7.20. The van der Waals surface area contributed by atoms with E-state index in [2.05, 4.69) is 4.98 Å². The average Bonchev–Trinajstić information content (AvgIpc) is 3.19. The Balaban J connectivity index is 1.92. The fraction of sp³-hybridized carbons (Fsp3) is 0. The third kappa shape index (κ3) is 3.20. The minimum absolute atomic E-state index is 0.147. The van der Waals surface area contributed by atoms with E-state index < -0.39 is 10.5 Å². The van der Waals surface area contributed by atoms with E-state index in [9.17, 15) is 14.9 Å². The van der Waals surface area contributed by atoms with E-state index in [1.807, 2.05) is 24.3 Å². The zero-order valence-electron chi connectivity index (χ0n) is 16.1. The Labute approximate surface area is 194 Å². The zero-order chi connectivity index (χ0) is 22.6. The standard InChI is InChI=1S/C22H12Cl2N4O3S/c23-15-8-5-11(9-16(15)24)19-13-7-6-12(28(30)31)10-14(13)21(29)27(20(19)25)22-26-17-3-1-2-4-18(17)32-22/h1-10H,25H2. The van der Waals surface area contributed by atoms with Crippen LogP contribution in [0.4, 0.5) is 11.5 Å². The van der Waals surface area contributed by atoms with Gasteiger partial charge in [-0.15, -0.1) is 0 Å². The van der Waals surface area contributed by atoms with Crippen molar-refractivity contribution in [2.24, 2.45) is 0 Å². The molecular formula is C22H12Cl2N4O3S. The number of halogens is 2. The highest BCUT2D eigenvalue weighted by atomic mass is 35.5. The van der Waals surface area contributed by atoms with E-state index >= 15 is 0 Å². The van der Waals surface area contributed by atoms with Gasteiger partial charge in [-0.3, -0.25) is 14.9 Å². The normalized spacial score (nSPS) is 11.3. The molecule has 0 fully saturated rings. The third-order valence-electron chi connectivity index (χ3n) is 5.10. The second kappa shape index (κ2) is 7.59. The molecule has 0 saturated heterocycles. The lowest BCUT2D eigenvalue weighted by Gasteiger charge is -2.16. The van der Waals surface area contributed by atoms with Crippen LogP contribution in [0.5, 0.6) is 0 Å². The number of hydrogen-bond donors (Lipinski definition) is 1. The van der Waals surface area contributed by atoms with Crippen LogP contribution < -0.4 is 11.3 Å². The highest BCUT2D eigenvalue weighted by Gasteiger charge is 2.22. The molecule has 2 aromatic heterocycles. The summed E-state index contributed by atoms with van der Waals surface area (Å²) in [7, 11) is 0. The van der Waals surface area contributed by atoms with Gasteiger partial charge in [-0.1, -0.05) is 52.7 Å². The number of thiazole rings is 1. The van der Waals surface area contributed by atoms with Gasteiger partial charge >= 0.3 is 0 Å². The summed E-state index contributed by atoms with van der Waals surface area (Å²) >= 11 is 13.6. The van der Waals surface area contributed by atoms with Crippen molar-refractivity contribution >= 4 is 67.0 Å². The van der Waals surface area contributed by atoms with E-state index in [4.69, 9.17) is 28.9 Å². The van der Waals surface area contributed by atoms with Crippen molar-refractivity contribution in [3.8, 4) is 16.3 Å². The smallest absolute Gasteiger partial charge is 0.270 e. The molecule has 2 heterocycles. The Hall–Kier alpha value is -3.46. The first-order valence-corrected chi connectivity index (χ1v) is 10.9. The second-order valence-electron chi connectivity index (χ2n) is 6.98. The zero-order valence-corrected chi connectivity index (χ0v) is 18.4. The largest absolute Gasteiger partial charge is 0.384 e. The van der Waals surface area contributed by atoms with Crippen LogP contribution >= 0.6 is 34.5 Å². The molecule has 2 N–H and O–H groups in total. The van der Waals surface area contributed by atoms with Gasteiger partial charge in [-0.2, -0.15) is 0 Å². The van der Waals surface area contributed by atoms with Crippen molar-refractivity contribution in [3.63, 3.8) is 0 Å². The minimum atomic E-state index is -0.546. The molecular weight excluding hydrogens is 471 g/mol. The number of nitro groups is 1. The predicted molar refractivity (Wildman–Crippen MR) is 129 cm³/mol. The maximum atomic E-state index is 13.5. The molecule has 0 unspecified atom stereocenters. The Bertz CT molecular complexity index is 1590. The first-order chi connectivity index (χ1) is 15.3. The average molecular weight is 483 g/mol. The number of fused-ring (bicyclic) bond motifs is 2. The molecule has 10 heteroatoms. The lowest BCUT2D eigenvalue weighted by molar-refractivity contribution is -0.384. The number of nitrogen functional groups attached to an aromatic ring is 1. The number of para-hydroxylation sites is 1. The lowest BCUT2D eigenvalue weighted by Crippen LogP contribution is -2.22. The van der Waals surface area contributed by atoms with Gasteiger partial charge in [-0.05, 0) is 41.3 Å². The summed E-state index contributed by atoms with van der Waals surface area (Å²) in [5.74, 6) is 0.147. The number of pyridine rings is 1. The van der Waals surface area contributed by atoms with Gasteiger partial charge in [0, 0.05) is 17.7 Å². The third-order valence-corrected chi connectivity index (χ3v) is 6.86. The Morgan fingerprint density at radius 2 is 1.78 bits per heavy atom. The summed E-state index contributed by atoms with van der Waals surface area (Å²) in [6.45, 7) is 0. The van der Waals surface area contributed by atoms with E-state index in [0.29, 0.717) is 37.2 Å². The summed E-state index contributed by atoms with van der Waals surface area (Å²) in [6.07, 6.45) is 0. The van der Waals surface area contributed by atoms with Crippen LogP contribution in [0, 0.1) is 10.1 Å². The van der Waals surface area contributed by atoms with Crippen molar-refractivity contribution in [1.82, 2.24) is 9.55 Å². The molecule has 0 spiro atoms. The summed E-state index contributed by atoms with van der Waals surface area (Å²) in [4.78, 5) is 28.9. The Morgan fingerprint density at radius 1 is 1.00 bits per heavy atom. The topological polar surface area (TPSA) is 104 Å². The van der Waals surface area contributed by atoms with Gasteiger partial charge in [-0.25, -0.2) is 9.55 Å². The summed E-state index contributed by atoms with van der Waals surface area (Å²) in [5.41, 5.74) is 7.69. The van der Waals surface area contributed by atoms with E-state index in [1.165, 1.54) is 34.1 Å². The van der Waals surface area contributed by atoms with Gasteiger partial charge in [0.05, 0.1) is 30.6 Å². The Kier molecular flexibility index (Phi) is 4.85. The SMILES string of the molecule is Nc1c(-c2ccc(Cl)c(Cl)c2)c2ccc([N+](=O)[O-])cc2c(=O)n1-c1nc2ccccc2s1. The number of aromatic nitrogens is 2. The number of nitrogens with zero attached hydrogens (tertiary/aromatic N) is 3. The van der Waals surface area contributed by atoms with Crippen LogP contribution in [0.25, 0.3) is 37.2 Å². The molecule has 0 bridgehead atoms. The number of benzene rings is 3. The fourth-order valence-corrected chi connectivity index (χ4v) is 4.90. The van der Waals surface area contributed by atoms with E-state index in [-0.39, 0.29) is 16.9 Å². The fourth-order valence-electron chi connectivity index (χ4n) is 3.62. The second-order valence-corrected chi connectivity index (χ2v) is 8.80. The molecule has 0 aliphatic rings. The summed E-state index contributed by atoms with van der Waals surface area (Å²) in [5, 5.41) is 13.0. The number of rotatable bonds is 3. The van der Waals surface area contributed by atoms with Crippen molar-refractivity contribution in [2.45, 2.75) is 0 Å². The molecule has 5 rings (SSSR count). The molecule has 158 valence electrons. The van der Waals surface area contributed by atoms with Crippen LogP contribution in [-0.2, 0) is 0 Å².